The van der Waals surface area contributed by atoms with Gasteiger partial charge < -0.3 is 11.1 Å². The van der Waals surface area contributed by atoms with Crippen molar-refractivity contribution in [3.05, 3.63) is 29.8 Å². The molecule has 0 saturated carbocycles. The van der Waals surface area contributed by atoms with Crippen molar-refractivity contribution in [1.82, 2.24) is 10.0 Å². The molecule has 0 amide bonds. The number of benzene rings is 1. The van der Waals surface area contributed by atoms with Crippen LogP contribution in [0, 0.1) is 0 Å². The molecule has 0 aliphatic rings. The van der Waals surface area contributed by atoms with E-state index in [9.17, 15) is 8.42 Å². The zero-order valence-electron chi connectivity index (χ0n) is 12.1. The van der Waals surface area contributed by atoms with Crippen LogP contribution in [0.5, 0.6) is 0 Å². The second kappa shape index (κ2) is 9.07. The van der Waals surface area contributed by atoms with Crippen LogP contribution in [0.25, 0.3) is 0 Å². The van der Waals surface area contributed by atoms with Gasteiger partial charge in [-0.1, -0.05) is 19.1 Å². The largest absolute Gasteiger partial charge is 0.329 e. The molecule has 1 aromatic rings. The Hall–Kier alpha value is -0.950. The van der Waals surface area contributed by atoms with Gasteiger partial charge in [0.1, 0.15) is 0 Å². The van der Waals surface area contributed by atoms with Crippen LogP contribution < -0.4 is 15.8 Å². The number of aryl methyl sites for hydroxylation is 1. The summed E-state index contributed by atoms with van der Waals surface area (Å²) in [6, 6.07) is 7.09. The molecule has 0 heterocycles. The van der Waals surface area contributed by atoms with Crippen molar-refractivity contribution < 1.29 is 8.42 Å². The van der Waals surface area contributed by atoms with Crippen LogP contribution in [0.3, 0.4) is 0 Å². The van der Waals surface area contributed by atoms with Crippen molar-refractivity contribution in [1.29, 1.82) is 0 Å². The molecule has 20 heavy (non-hydrogen) atoms. The molecule has 0 aliphatic carbocycles. The first-order chi connectivity index (χ1) is 9.60. The summed E-state index contributed by atoms with van der Waals surface area (Å²) >= 11 is 0. The Morgan fingerprint density at radius 3 is 2.40 bits per heavy atom. The molecule has 0 spiro atoms. The maximum atomic E-state index is 11.9. The van der Waals surface area contributed by atoms with E-state index < -0.39 is 10.0 Å². The van der Waals surface area contributed by atoms with Gasteiger partial charge >= 0.3 is 0 Å². The molecule has 6 heteroatoms. The number of rotatable bonds is 10. The average molecular weight is 299 g/mol. The molecule has 4 N–H and O–H groups in total. The van der Waals surface area contributed by atoms with Gasteiger partial charge in [-0.2, -0.15) is 0 Å². The highest BCUT2D eigenvalue weighted by Crippen LogP contribution is 2.11. The number of hydrogen-bond donors (Lipinski definition) is 3. The van der Waals surface area contributed by atoms with Gasteiger partial charge in [-0.25, -0.2) is 13.1 Å². The molecule has 0 atom stereocenters. The fourth-order valence-corrected chi connectivity index (χ4v) is 2.93. The predicted octanol–water partition coefficient (Wildman–Crippen LogP) is 0.856. The quantitative estimate of drug-likeness (QED) is 0.559. The van der Waals surface area contributed by atoms with E-state index in [1.54, 1.807) is 12.1 Å². The van der Waals surface area contributed by atoms with Crippen molar-refractivity contribution >= 4 is 10.0 Å². The summed E-state index contributed by atoms with van der Waals surface area (Å²) in [6.07, 6.45) is 2.73. The first-order valence-corrected chi connectivity index (χ1v) is 8.58. The first-order valence-electron chi connectivity index (χ1n) is 7.09. The molecule has 0 aliphatic heterocycles. The van der Waals surface area contributed by atoms with Crippen LogP contribution in [0.2, 0.25) is 0 Å². The Morgan fingerprint density at radius 1 is 1.10 bits per heavy atom. The summed E-state index contributed by atoms with van der Waals surface area (Å²) in [6.45, 7) is 4.81. The van der Waals surface area contributed by atoms with Crippen molar-refractivity contribution in [3.63, 3.8) is 0 Å². The smallest absolute Gasteiger partial charge is 0.240 e. The van der Waals surface area contributed by atoms with Crippen molar-refractivity contribution in [2.45, 2.75) is 31.1 Å². The second-order valence-corrected chi connectivity index (χ2v) is 6.45. The van der Waals surface area contributed by atoms with E-state index in [0.717, 1.165) is 37.9 Å². The highest BCUT2D eigenvalue weighted by atomic mass is 32.2. The molecule has 0 saturated heterocycles. The minimum absolute atomic E-state index is 0.330. The summed E-state index contributed by atoms with van der Waals surface area (Å²) in [4.78, 5) is 0.330. The van der Waals surface area contributed by atoms with Gasteiger partial charge in [-0.05, 0) is 43.5 Å². The predicted molar refractivity (Wildman–Crippen MR) is 82.2 cm³/mol. The molecule has 1 aromatic carbocycles. The topological polar surface area (TPSA) is 84.2 Å². The van der Waals surface area contributed by atoms with Gasteiger partial charge in [0, 0.05) is 19.6 Å². The van der Waals surface area contributed by atoms with Crippen LogP contribution in [0.4, 0.5) is 0 Å². The SMILES string of the molecule is CCCNS(=O)(=O)c1ccc(CCCNCCN)cc1. The molecule has 1 rings (SSSR count). The third kappa shape index (κ3) is 6.00. The summed E-state index contributed by atoms with van der Waals surface area (Å²) in [5.41, 5.74) is 6.54. The third-order valence-electron chi connectivity index (χ3n) is 2.92. The third-order valence-corrected chi connectivity index (χ3v) is 4.39. The number of sulfonamides is 1. The Kier molecular flexibility index (Phi) is 7.76. The van der Waals surface area contributed by atoms with Crippen LogP contribution in [-0.4, -0.2) is 34.6 Å². The first kappa shape index (κ1) is 17.1. The summed E-state index contributed by atoms with van der Waals surface area (Å²) in [7, 11) is -3.35. The van der Waals surface area contributed by atoms with E-state index in [1.807, 2.05) is 19.1 Å². The molecule has 5 nitrogen and oxygen atoms in total. The molecule has 0 unspecified atom stereocenters. The minimum Gasteiger partial charge on any atom is -0.329 e. The van der Waals surface area contributed by atoms with Gasteiger partial charge in [0.15, 0.2) is 0 Å². The molecule has 0 bridgehead atoms. The number of hydrogen-bond acceptors (Lipinski definition) is 4. The number of nitrogens with two attached hydrogens (primary N) is 1. The highest BCUT2D eigenvalue weighted by Gasteiger charge is 2.12. The van der Waals surface area contributed by atoms with Gasteiger partial charge in [0.05, 0.1) is 4.90 Å². The molecule has 114 valence electrons. The summed E-state index contributed by atoms with van der Waals surface area (Å²) < 4.78 is 26.4. The monoisotopic (exact) mass is 299 g/mol. The zero-order chi connectivity index (χ0) is 14.8. The average Bonchev–Trinajstić information content (AvgIpc) is 2.45. The zero-order valence-corrected chi connectivity index (χ0v) is 12.9. The Balaban J connectivity index is 2.47. The molecular weight excluding hydrogens is 274 g/mol. The lowest BCUT2D eigenvalue weighted by molar-refractivity contribution is 0.580. The van der Waals surface area contributed by atoms with Crippen LogP contribution in [-0.2, 0) is 16.4 Å². The van der Waals surface area contributed by atoms with Crippen molar-refractivity contribution in [3.8, 4) is 0 Å². The lowest BCUT2D eigenvalue weighted by Gasteiger charge is -2.07. The van der Waals surface area contributed by atoms with Crippen LogP contribution in [0.15, 0.2) is 29.2 Å². The molecule has 0 radical (unpaired) electrons. The van der Waals surface area contributed by atoms with Crippen molar-refractivity contribution in [2.75, 3.05) is 26.2 Å². The van der Waals surface area contributed by atoms with E-state index in [1.165, 1.54) is 0 Å². The van der Waals surface area contributed by atoms with Gasteiger partial charge in [0.25, 0.3) is 0 Å². The fraction of sp³-hybridized carbons (Fsp3) is 0.571. The van der Waals surface area contributed by atoms with Crippen molar-refractivity contribution in [2.24, 2.45) is 5.73 Å². The maximum absolute atomic E-state index is 11.9. The van der Waals surface area contributed by atoms with E-state index in [2.05, 4.69) is 10.0 Å². The Morgan fingerprint density at radius 2 is 1.80 bits per heavy atom. The van der Waals surface area contributed by atoms with E-state index in [0.29, 0.717) is 18.0 Å². The van der Waals surface area contributed by atoms with Gasteiger partial charge in [0.2, 0.25) is 10.0 Å². The summed E-state index contributed by atoms with van der Waals surface area (Å²) in [5, 5.41) is 3.23. The highest BCUT2D eigenvalue weighted by molar-refractivity contribution is 7.89. The molecule has 0 fully saturated rings. The van der Waals surface area contributed by atoms with Gasteiger partial charge in [-0.15, -0.1) is 0 Å². The second-order valence-electron chi connectivity index (χ2n) is 4.68. The Labute approximate surface area is 122 Å². The van der Waals surface area contributed by atoms with E-state index in [-0.39, 0.29) is 0 Å². The van der Waals surface area contributed by atoms with Crippen LogP contribution in [0.1, 0.15) is 25.3 Å². The normalized spacial score (nSPS) is 11.7. The molecule has 0 aromatic heterocycles. The standard InChI is InChI=1S/C14H25N3O2S/c1-2-10-17-20(18,19)14-7-5-13(6-8-14)4-3-11-16-12-9-15/h5-8,16-17H,2-4,9-12,15H2,1H3. The van der Waals surface area contributed by atoms with Crippen LogP contribution >= 0.6 is 0 Å². The Bertz CT molecular complexity index is 472. The molecular formula is C14H25N3O2S. The van der Waals surface area contributed by atoms with Gasteiger partial charge in [-0.3, -0.25) is 0 Å². The van der Waals surface area contributed by atoms with E-state index >= 15 is 0 Å². The number of nitrogens with one attached hydrogen (secondary N) is 2. The summed E-state index contributed by atoms with van der Waals surface area (Å²) in [5.74, 6) is 0. The van der Waals surface area contributed by atoms with E-state index in [4.69, 9.17) is 5.73 Å². The minimum atomic E-state index is -3.35. The lowest BCUT2D eigenvalue weighted by atomic mass is 10.1. The maximum Gasteiger partial charge on any atom is 0.240 e. The fourth-order valence-electron chi connectivity index (χ4n) is 1.80. The lowest BCUT2D eigenvalue weighted by Crippen LogP contribution is -2.24.